The van der Waals surface area contributed by atoms with Crippen LogP contribution in [-0.2, 0) is 17.8 Å². The normalized spacial score (nSPS) is 14.5. The van der Waals surface area contributed by atoms with Gasteiger partial charge in [0.2, 0.25) is 0 Å². The highest BCUT2D eigenvalue weighted by Gasteiger charge is 2.21. The number of nitrogens with two attached hydrogens (primary N) is 1. The second kappa shape index (κ2) is 4.61. The highest BCUT2D eigenvalue weighted by Crippen LogP contribution is 2.29. The fraction of sp³-hybridized carbons (Fsp3) is 0.308. The number of benzene rings is 1. The summed E-state index contributed by atoms with van der Waals surface area (Å²) in [6, 6.07) is 3.22. The van der Waals surface area contributed by atoms with Crippen LogP contribution < -0.4 is 5.73 Å². The summed E-state index contributed by atoms with van der Waals surface area (Å²) in [5, 5.41) is 4.33. The van der Waals surface area contributed by atoms with E-state index < -0.39 is 0 Å². The number of rotatable bonds is 1. The first-order chi connectivity index (χ1) is 9.08. The van der Waals surface area contributed by atoms with Crippen LogP contribution in [0, 0.1) is 12.7 Å². The molecule has 1 aromatic heterocycles. The molecule has 2 heterocycles. The van der Waals surface area contributed by atoms with Crippen molar-refractivity contribution >= 4 is 21.7 Å². The third kappa shape index (κ3) is 2.04. The molecule has 1 aliphatic rings. The summed E-state index contributed by atoms with van der Waals surface area (Å²) in [5.74, 6) is 0.146. The van der Waals surface area contributed by atoms with Crippen molar-refractivity contribution in [2.24, 2.45) is 0 Å². The molecule has 19 heavy (non-hydrogen) atoms. The average molecular weight is 326 g/mol. The van der Waals surface area contributed by atoms with E-state index in [2.05, 4.69) is 21.0 Å². The minimum atomic E-state index is -0.310. The number of ether oxygens (including phenoxy) is 1. The number of nitrogen functional groups attached to an aromatic ring is 1. The summed E-state index contributed by atoms with van der Waals surface area (Å²) in [7, 11) is 0. The van der Waals surface area contributed by atoms with E-state index in [0.717, 1.165) is 28.9 Å². The number of anilines is 1. The maximum atomic E-state index is 13.7. The third-order valence-electron chi connectivity index (χ3n) is 3.32. The van der Waals surface area contributed by atoms with Gasteiger partial charge in [0, 0.05) is 18.1 Å². The van der Waals surface area contributed by atoms with E-state index in [0.29, 0.717) is 23.5 Å². The van der Waals surface area contributed by atoms with E-state index in [-0.39, 0.29) is 5.82 Å². The quantitative estimate of drug-likeness (QED) is 0.877. The van der Waals surface area contributed by atoms with E-state index in [1.807, 2.05) is 6.92 Å². The smallest absolute Gasteiger partial charge is 0.151 e. The van der Waals surface area contributed by atoms with E-state index >= 15 is 0 Å². The number of nitrogens with zero attached hydrogens (tertiary/aromatic N) is 2. The zero-order valence-electron chi connectivity index (χ0n) is 10.4. The standard InChI is InChI=1S/C13H13BrFN3O/c1-7-4-9(14)10(15)5-12(7)18-11-2-3-19-6-8(11)13(16)17-18/h4-5H,2-3,6H2,1H3,(H2,16,17). The first-order valence-electron chi connectivity index (χ1n) is 5.98. The molecular formula is C13H13BrFN3O. The van der Waals surface area contributed by atoms with Crippen molar-refractivity contribution in [2.75, 3.05) is 12.3 Å². The van der Waals surface area contributed by atoms with Gasteiger partial charge in [0.1, 0.15) is 5.82 Å². The predicted octanol–water partition coefficient (Wildman–Crippen LogP) is 2.74. The summed E-state index contributed by atoms with van der Waals surface area (Å²) in [4.78, 5) is 0. The number of aryl methyl sites for hydroxylation is 1. The van der Waals surface area contributed by atoms with Gasteiger partial charge in [0.15, 0.2) is 5.82 Å². The van der Waals surface area contributed by atoms with Gasteiger partial charge in [0.05, 0.1) is 29.1 Å². The van der Waals surface area contributed by atoms with Gasteiger partial charge in [-0.05, 0) is 34.5 Å². The van der Waals surface area contributed by atoms with E-state index in [1.165, 1.54) is 6.07 Å². The molecule has 0 saturated carbocycles. The Bertz CT molecular complexity index is 654. The van der Waals surface area contributed by atoms with E-state index in [9.17, 15) is 4.39 Å². The van der Waals surface area contributed by atoms with Gasteiger partial charge in [-0.15, -0.1) is 0 Å². The fourth-order valence-electron chi connectivity index (χ4n) is 2.32. The summed E-state index contributed by atoms with van der Waals surface area (Å²) in [6.07, 6.45) is 0.733. The van der Waals surface area contributed by atoms with Crippen LogP contribution in [0.2, 0.25) is 0 Å². The van der Waals surface area contributed by atoms with Crippen molar-refractivity contribution in [3.63, 3.8) is 0 Å². The van der Waals surface area contributed by atoms with Crippen LogP contribution in [-0.4, -0.2) is 16.4 Å². The van der Waals surface area contributed by atoms with Crippen molar-refractivity contribution < 1.29 is 9.13 Å². The van der Waals surface area contributed by atoms with Crippen molar-refractivity contribution in [1.29, 1.82) is 0 Å². The van der Waals surface area contributed by atoms with Gasteiger partial charge < -0.3 is 10.5 Å². The monoisotopic (exact) mass is 325 g/mol. The van der Waals surface area contributed by atoms with Gasteiger partial charge >= 0.3 is 0 Å². The molecule has 4 nitrogen and oxygen atoms in total. The summed E-state index contributed by atoms with van der Waals surface area (Å²) >= 11 is 3.18. The van der Waals surface area contributed by atoms with Crippen LogP contribution in [0.3, 0.4) is 0 Å². The molecule has 2 N–H and O–H groups in total. The van der Waals surface area contributed by atoms with Gasteiger partial charge in [-0.3, -0.25) is 0 Å². The van der Waals surface area contributed by atoms with Gasteiger partial charge in [-0.25, -0.2) is 9.07 Å². The van der Waals surface area contributed by atoms with Crippen LogP contribution in [0.25, 0.3) is 5.69 Å². The molecular weight excluding hydrogens is 313 g/mol. The minimum absolute atomic E-state index is 0.310. The minimum Gasteiger partial charge on any atom is -0.382 e. The number of halogens is 2. The molecule has 6 heteroatoms. The number of hydrogen-bond acceptors (Lipinski definition) is 3. The maximum absolute atomic E-state index is 13.7. The van der Waals surface area contributed by atoms with Crippen molar-refractivity contribution in [1.82, 2.24) is 9.78 Å². The van der Waals surface area contributed by atoms with Crippen LogP contribution in [0.1, 0.15) is 16.8 Å². The lowest BCUT2D eigenvalue weighted by Gasteiger charge is -2.16. The molecule has 0 radical (unpaired) electrons. The Labute approximate surface area is 118 Å². The number of fused-ring (bicyclic) bond motifs is 1. The number of hydrogen-bond donors (Lipinski definition) is 1. The Morgan fingerprint density at radius 2 is 2.26 bits per heavy atom. The molecule has 0 fully saturated rings. The van der Waals surface area contributed by atoms with Crippen LogP contribution in [0.5, 0.6) is 0 Å². The highest BCUT2D eigenvalue weighted by molar-refractivity contribution is 9.10. The second-order valence-corrected chi connectivity index (χ2v) is 5.43. The summed E-state index contributed by atoms with van der Waals surface area (Å²) in [5.41, 5.74) is 9.47. The molecule has 0 aliphatic carbocycles. The van der Waals surface area contributed by atoms with Crippen LogP contribution in [0.15, 0.2) is 16.6 Å². The molecule has 0 bridgehead atoms. The molecule has 1 aliphatic heterocycles. The topological polar surface area (TPSA) is 53.1 Å². The molecule has 1 aromatic carbocycles. The Morgan fingerprint density at radius 3 is 3.05 bits per heavy atom. The molecule has 2 aromatic rings. The van der Waals surface area contributed by atoms with E-state index in [1.54, 1.807) is 10.7 Å². The first kappa shape index (κ1) is 12.6. The Balaban J connectivity index is 2.20. The van der Waals surface area contributed by atoms with Crippen LogP contribution in [0.4, 0.5) is 10.2 Å². The Kier molecular flexibility index (Phi) is 3.06. The highest BCUT2D eigenvalue weighted by atomic mass is 79.9. The van der Waals surface area contributed by atoms with Crippen molar-refractivity contribution in [2.45, 2.75) is 20.0 Å². The molecule has 0 spiro atoms. The van der Waals surface area contributed by atoms with Crippen molar-refractivity contribution in [3.05, 3.63) is 39.2 Å². The molecule has 0 unspecified atom stereocenters. The zero-order chi connectivity index (χ0) is 13.6. The van der Waals surface area contributed by atoms with Gasteiger partial charge in [0.25, 0.3) is 0 Å². The largest absolute Gasteiger partial charge is 0.382 e. The summed E-state index contributed by atoms with van der Waals surface area (Å²) < 4.78 is 21.3. The zero-order valence-corrected chi connectivity index (χ0v) is 12.0. The second-order valence-electron chi connectivity index (χ2n) is 4.58. The summed E-state index contributed by atoms with van der Waals surface area (Å²) in [6.45, 7) is 3.03. The molecule has 3 rings (SSSR count). The fourth-order valence-corrected chi connectivity index (χ4v) is 2.78. The Morgan fingerprint density at radius 1 is 1.47 bits per heavy atom. The van der Waals surface area contributed by atoms with Crippen molar-refractivity contribution in [3.8, 4) is 5.69 Å². The predicted molar refractivity (Wildman–Crippen MR) is 73.7 cm³/mol. The lowest BCUT2D eigenvalue weighted by atomic mass is 10.1. The molecule has 0 saturated heterocycles. The first-order valence-corrected chi connectivity index (χ1v) is 6.77. The lowest BCUT2D eigenvalue weighted by Crippen LogP contribution is -2.13. The maximum Gasteiger partial charge on any atom is 0.151 e. The SMILES string of the molecule is Cc1cc(Br)c(F)cc1-n1nc(N)c2c1CCOC2. The molecule has 0 atom stereocenters. The third-order valence-corrected chi connectivity index (χ3v) is 3.93. The lowest BCUT2D eigenvalue weighted by molar-refractivity contribution is 0.110. The molecule has 100 valence electrons. The van der Waals surface area contributed by atoms with Gasteiger partial charge in [-0.2, -0.15) is 5.10 Å². The Hall–Kier alpha value is -1.40. The molecule has 0 amide bonds. The number of aromatic nitrogens is 2. The van der Waals surface area contributed by atoms with Crippen LogP contribution >= 0.6 is 15.9 Å². The van der Waals surface area contributed by atoms with E-state index in [4.69, 9.17) is 10.5 Å². The van der Waals surface area contributed by atoms with Gasteiger partial charge in [-0.1, -0.05) is 0 Å². The average Bonchev–Trinajstić information content (AvgIpc) is 2.72.